The number of carboxylic acid groups (broad SMARTS) is 4. The van der Waals surface area contributed by atoms with Gasteiger partial charge in [-0.1, -0.05) is 49.4 Å². The summed E-state index contributed by atoms with van der Waals surface area (Å²) in [6, 6.07) is -5.13. The molecule has 2 fully saturated rings. The second-order valence-electron chi connectivity index (χ2n) is 13.3. The van der Waals surface area contributed by atoms with Crippen LogP contribution in [0.1, 0.15) is 51.4 Å². The monoisotopic (exact) mass is 1320 g/mol. The summed E-state index contributed by atoms with van der Waals surface area (Å²) >= 11 is 0. The van der Waals surface area contributed by atoms with E-state index in [1.807, 2.05) is 0 Å². The van der Waals surface area contributed by atoms with Gasteiger partial charge in [-0.3, -0.25) is 0 Å². The van der Waals surface area contributed by atoms with Crippen LogP contribution >= 0.6 is 0 Å². The molecular formula is C32H48Hf3N4O18. The Balaban J connectivity index is -0.000000972. The molecular weight excluding hydrogens is 1260 g/mol. The van der Waals surface area contributed by atoms with Crippen molar-refractivity contribution in [1.82, 2.24) is 21.3 Å². The number of carbonyl (C=O) groups excluding carboxylic acids is 4. The van der Waals surface area contributed by atoms with Crippen molar-refractivity contribution in [2.75, 3.05) is 39.4 Å². The molecule has 0 saturated heterocycles. The molecule has 0 aliphatic heterocycles. The fraction of sp³-hybridized carbons (Fsp3) is 0.875. The van der Waals surface area contributed by atoms with Gasteiger partial charge in [-0.05, 0) is 62.8 Å². The van der Waals surface area contributed by atoms with E-state index >= 15 is 0 Å². The van der Waals surface area contributed by atoms with Crippen molar-refractivity contribution in [3.8, 4) is 0 Å². The summed E-state index contributed by atoms with van der Waals surface area (Å²) in [6.45, 7) is -2.29. The second-order valence-corrected chi connectivity index (χ2v) is 13.3. The van der Waals surface area contributed by atoms with E-state index < -0.39 is 141 Å². The van der Waals surface area contributed by atoms with Crippen molar-refractivity contribution in [1.29, 1.82) is 0 Å². The molecule has 4 unspecified atom stereocenters. The van der Waals surface area contributed by atoms with Crippen LogP contribution in [-0.4, -0.2) is 146 Å². The summed E-state index contributed by atoms with van der Waals surface area (Å²) in [6.07, 6.45) is -14.8. The van der Waals surface area contributed by atoms with Crippen LogP contribution in [0.15, 0.2) is 0 Å². The number of nitrogens with one attached hydrogen (secondary N) is 4. The molecule has 316 valence electrons. The van der Waals surface area contributed by atoms with Crippen molar-refractivity contribution in [3.05, 3.63) is 0 Å². The summed E-state index contributed by atoms with van der Waals surface area (Å²) in [5, 5.41) is 168. The predicted molar refractivity (Wildman–Crippen MR) is 156 cm³/mol. The Bertz CT molecular complexity index is 991. The standard InChI is InChI=1S/2C16H26N2O9.3Hf/c19-7-8(20)1-2-9-14(25)12(17-5-3-10(21)22)16(27)13(15(9)26)18-6-4-11(23)24;19-7-8(20)6-18-13-15(26)9(2-1-3-10(21)22)14(25)12(16(13)27)17-5-4-11(23)24;;;/h2*8-9,12-19H,1-7H2,(H,21,22)(H,23,24);;;/q2*-4;3*+4/p-4/t8?,9?,12-,13+,14-,15+,16?;8?,9-,12+,13-,14+,15-,16+;;;/m.1.../s1. The Kier molecular flexibility index (Phi) is 35.0. The maximum Gasteiger partial charge on any atom is 4.00 e. The molecule has 0 aromatic rings. The minimum Gasteiger partial charge on any atom is -0.851 e. The number of aliphatic hydroxyl groups is 2. The zero-order valence-electron chi connectivity index (χ0n) is 30.9. The van der Waals surface area contributed by atoms with E-state index in [0.717, 1.165) is 0 Å². The van der Waals surface area contributed by atoms with Crippen molar-refractivity contribution >= 4 is 23.9 Å². The maximum absolute atomic E-state index is 12.6. The Morgan fingerprint density at radius 3 is 1.11 bits per heavy atom. The zero-order chi connectivity index (χ0) is 41.1. The summed E-state index contributed by atoms with van der Waals surface area (Å²) < 4.78 is 0. The average Bonchev–Trinajstić information content (AvgIpc) is 3.10. The van der Waals surface area contributed by atoms with Crippen LogP contribution in [0.2, 0.25) is 0 Å². The predicted octanol–water partition coefficient (Wildman–Crippen LogP) is -17.0. The Morgan fingerprint density at radius 1 is 0.474 bits per heavy atom. The van der Waals surface area contributed by atoms with Crippen LogP contribution in [0.3, 0.4) is 0 Å². The second kappa shape index (κ2) is 32.6. The molecule has 6 N–H and O–H groups in total. The summed E-state index contributed by atoms with van der Waals surface area (Å²) in [5.41, 5.74) is 0. The van der Waals surface area contributed by atoms with Gasteiger partial charge in [0.1, 0.15) is 0 Å². The van der Waals surface area contributed by atoms with Gasteiger partial charge in [0, 0.05) is 56.7 Å². The van der Waals surface area contributed by atoms with E-state index in [4.69, 9.17) is 10.2 Å². The first-order valence-electron chi connectivity index (χ1n) is 17.6. The number of hydrogen-bond acceptors (Lipinski definition) is 22. The molecule has 2 rings (SSSR count). The van der Waals surface area contributed by atoms with E-state index in [1.54, 1.807) is 0 Å². The number of aliphatic carboxylic acids is 4. The van der Waals surface area contributed by atoms with E-state index in [0.29, 0.717) is 0 Å². The van der Waals surface area contributed by atoms with Gasteiger partial charge in [0.2, 0.25) is 0 Å². The fourth-order valence-corrected chi connectivity index (χ4v) is 6.53. The smallest absolute Gasteiger partial charge is 0.851 e. The minimum atomic E-state index is -1.74. The third-order valence-corrected chi connectivity index (χ3v) is 9.38. The van der Waals surface area contributed by atoms with E-state index in [1.165, 1.54) is 0 Å². The molecule has 2 aliphatic carbocycles. The normalized spacial score (nSPS) is 30.5. The molecule has 25 heteroatoms. The largest absolute Gasteiger partial charge is 4.00 e. The van der Waals surface area contributed by atoms with E-state index in [2.05, 4.69) is 21.3 Å². The number of carboxylic acids is 4. The molecule has 0 aromatic heterocycles. The molecule has 22 nitrogen and oxygen atoms in total. The van der Waals surface area contributed by atoms with Crippen LogP contribution < -0.4 is 82.5 Å². The Labute approximate surface area is 386 Å². The summed E-state index contributed by atoms with van der Waals surface area (Å²) in [7, 11) is 0. The maximum atomic E-state index is 12.6. The Morgan fingerprint density at radius 2 is 0.789 bits per heavy atom. The van der Waals surface area contributed by atoms with Crippen molar-refractivity contribution in [3.63, 3.8) is 0 Å². The fourth-order valence-electron chi connectivity index (χ4n) is 6.53. The van der Waals surface area contributed by atoms with Crippen molar-refractivity contribution in [2.24, 2.45) is 11.8 Å². The van der Waals surface area contributed by atoms with Crippen LogP contribution in [0.5, 0.6) is 0 Å². The number of aliphatic hydroxyl groups excluding tert-OH is 2. The molecule has 14 atom stereocenters. The number of rotatable bonds is 24. The molecule has 0 heterocycles. The van der Waals surface area contributed by atoms with Crippen LogP contribution in [0.4, 0.5) is 0 Å². The molecule has 0 aromatic carbocycles. The quantitative estimate of drug-likeness (QED) is 0.0489. The van der Waals surface area contributed by atoms with E-state index in [-0.39, 0.29) is 136 Å². The first kappa shape index (κ1) is 61.2. The number of carbonyl (C=O) groups is 4. The number of hydrogen-bond donors (Lipinski definition) is 6. The molecule has 0 spiro atoms. The van der Waals surface area contributed by atoms with Crippen molar-refractivity contribution < 1.29 is 168 Å². The van der Waals surface area contributed by atoms with Gasteiger partial charge in [-0.25, -0.2) is 0 Å². The molecule has 0 bridgehead atoms. The molecule has 0 amide bonds. The van der Waals surface area contributed by atoms with Gasteiger partial charge in [0.15, 0.2) is 0 Å². The van der Waals surface area contributed by atoms with Gasteiger partial charge in [-0.2, -0.15) is 0 Å². The summed E-state index contributed by atoms with van der Waals surface area (Å²) in [5.74, 6) is -7.65. The van der Waals surface area contributed by atoms with Gasteiger partial charge in [-0.15, -0.1) is 30.5 Å². The van der Waals surface area contributed by atoms with Gasteiger partial charge in [0.25, 0.3) is 0 Å². The van der Waals surface area contributed by atoms with Crippen LogP contribution in [0, 0.1) is 11.8 Å². The topological polar surface area (TPSA) is 434 Å². The third kappa shape index (κ3) is 22.0. The molecule has 0 radical (unpaired) electrons. The van der Waals surface area contributed by atoms with E-state index in [9.17, 15) is 80.5 Å². The molecule has 57 heavy (non-hydrogen) atoms. The average molecular weight is 1310 g/mol. The SMILES string of the molecule is O=C([O-])CCC[C@H]1[C@@H]([O-])[C@@H](NCC([O-])CO)[C@@H]([O-])[C@@H](NCCC(=O)[O-])[C@H]1[O-].O=C([O-])CCN[C@@H]1C([O-])[C@H](NCCC(=O)[O-])[C@H]([O-])C(CCC([O-])CO)[C@@H]1[O-].[Hf+4].[Hf+4].[Hf+4]. The van der Waals surface area contributed by atoms with Gasteiger partial charge in [0.05, 0.1) is 0 Å². The first-order valence-corrected chi connectivity index (χ1v) is 17.6. The zero-order valence-corrected chi connectivity index (χ0v) is 41.7. The first-order chi connectivity index (χ1) is 25.4. The van der Waals surface area contributed by atoms with Crippen LogP contribution in [-0.2, 0) is 96.7 Å². The van der Waals surface area contributed by atoms with Gasteiger partial charge >= 0.3 is 77.5 Å². The van der Waals surface area contributed by atoms with Crippen LogP contribution in [0.25, 0.3) is 0 Å². The molecule has 2 aliphatic rings. The van der Waals surface area contributed by atoms with Gasteiger partial charge < -0.3 is 112 Å². The third-order valence-electron chi connectivity index (χ3n) is 9.38. The minimum absolute atomic E-state index is 0. The summed E-state index contributed by atoms with van der Waals surface area (Å²) in [4.78, 5) is 42.1. The Hall–Kier alpha value is -0.0696. The van der Waals surface area contributed by atoms with Crippen molar-refractivity contribution in [2.45, 2.75) is 124 Å². The molecule has 2 saturated carbocycles.